The van der Waals surface area contributed by atoms with Gasteiger partial charge in [-0.25, -0.2) is 13.2 Å². The molecule has 0 bridgehead atoms. The third-order valence-corrected chi connectivity index (χ3v) is 10.0. The average molecular weight is 609 g/mol. The van der Waals surface area contributed by atoms with E-state index in [1.54, 1.807) is 0 Å². The van der Waals surface area contributed by atoms with Gasteiger partial charge in [-0.3, -0.25) is 14.3 Å². The Morgan fingerprint density at radius 3 is 2.02 bits per heavy atom. The molecule has 0 amide bonds. The number of aromatic amines is 1. The summed E-state index contributed by atoms with van der Waals surface area (Å²) in [5.74, 6) is -0.177. The van der Waals surface area contributed by atoms with Crippen LogP contribution in [0.1, 0.15) is 103 Å². The summed E-state index contributed by atoms with van der Waals surface area (Å²) < 4.78 is 57.0. The number of H-pyrrole nitrogens is 1. The summed E-state index contributed by atoms with van der Waals surface area (Å²) in [5.41, 5.74) is -1.37. The molecule has 2 rings (SSSR count). The lowest BCUT2D eigenvalue weighted by atomic mass is 10.0. The highest BCUT2D eigenvalue weighted by molar-refractivity contribution is 7.93. The summed E-state index contributed by atoms with van der Waals surface area (Å²) in [6.07, 6.45) is 13.0. The SMILES string of the molecule is CCCCCCCCCCCCCCCCS(=O)(=O)N[P+](=O)OC1C(CO)OC(n2ccc(=O)[nH]c2=O)C1OC. The Bertz CT molecular complexity index is 1100. The van der Waals surface area contributed by atoms with E-state index in [2.05, 4.69) is 11.9 Å². The first-order valence-electron chi connectivity index (χ1n) is 14.5. The third kappa shape index (κ3) is 12.2. The van der Waals surface area contributed by atoms with Gasteiger partial charge in [0.1, 0.15) is 12.2 Å². The van der Waals surface area contributed by atoms with Crippen LogP contribution in [0.3, 0.4) is 0 Å². The highest BCUT2D eigenvalue weighted by Gasteiger charge is 2.51. The molecule has 0 radical (unpaired) electrons. The minimum Gasteiger partial charge on any atom is -0.394 e. The van der Waals surface area contributed by atoms with E-state index in [0.29, 0.717) is 6.42 Å². The van der Waals surface area contributed by atoms with Gasteiger partial charge in [0.25, 0.3) is 15.6 Å². The van der Waals surface area contributed by atoms with E-state index in [1.165, 1.54) is 71.1 Å². The Morgan fingerprint density at radius 1 is 0.975 bits per heavy atom. The second kappa shape index (κ2) is 18.9. The number of methoxy groups -OCH3 is 1. The van der Waals surface area contributed by atoms with E-state index in [9.17, 15) is 27.7 Å². The zero-order valence-electron chi connectivity index (χ0n) is 23.8. The molecule has 12 nitrogen and oxygen atoms in total. The maximum atomic E-state index is 12.6. The Kier molecular flexibility index (Phi) is 16.4. The molecular weight excluding hydrogens is 561 g/mol. The fourth-order valence-corrected chi connectivity index (χ4v) is 7.37. The molecule has 1 fully saturated rings. The van der Waals surface area contributed by atoms with E-state index >= 15 is 0 Å². The normalized spacial score (nSPS) is 21.6. The van der Waals surface area contributed by atoms with Crippen molar-refractivity contribution in [3.05, 3.63) is 33.1 Å². The first-order chi connectivity index (χ1) is 19.2. The summed E-state index contributed by atoms with van der Waals surface area (Å²) in [4.78, 5) is 25.7. The molecule has 14 heteroatoms. The molecule has 5 atom stereocenters. The van der Waals surface area contributed by atoms with Gasteiger partial charge in [0, 0.05) is 23.9 Å². The van der Waals surface area contributed by atoms with E-state index in [4.69, 9.17) is 14.0 Å². The van der Waals surface area contributed by atoms with Gasteiger partial charge in [0.05, 0.1) is 12.4 Å². The van der Waals surface area contributed by atoms with Crippen LogP contribution in [-0.4, -0.2) is 60.9 Å². The molecule has 0 aromatic carbocycles. The van der Waals surface area contributed by atoms with Gasteiger partial charge in [0.2, 0.25) is 0 Å². The molecule has 2 heterocycles. The predicted octanol–water partition coefficient (Wildman–Crippen LogP) is 3.88. The van der Waals surface area contributed by atoms with Gasteiger partial charge in [0.15, 0.2) is 12.3 Å². The molecule has 0 spiro atoms. The number of nitrogens with one attached hydrogen (secondary N) is 2. The van der Waals surface area contributed by atoms with Crippen LogP contribution in [0.15, 0.2) is 21.9 Å². The third-order valence-electron chi connectivity index (χ3n) is 7.06. The number of aliphatic hydroxyl groups excluding tert-OH is 1. The van der Waals surface area contributed by atoms with Crippen molar-refractivity contribution < 1.29 is 32.1 Å². The van der Waals surface area contributed by atoms with Crippen molar-refractivity contribution in [1.82, 2.24) is 14.0 Å². The molecule has 1 aromatic rings. The van der Waals surface area contributed by atoms with E-state index < -0.39 is 60.6 Å². The summed E-state index contributed by atoms with van der Waals surface area (Å²) in [7, 11) is -5.45. The number of nitrogens with zero attached hydrogens (tertiary/aromatic N) is 1. The highest BCUT2D eigenvalue weighted by atomic mass is 32.2. The minimum atomic E-state index is -3.86. The number of hydrogen-bond acceptors (Lipinski definition) is 9. The largest absolute Gasteiger partial charge is 0.628 e. The van der Waals surface area contributed by atoms with Gasteiger partial charge in [-0.15, -0.1) is 4.52 Å². The molecule has 1 aliphatic heterocycles. The number of ether oxygens (including phenoxy) is 2. The van der Waals surface area contributed by atoms with Crippen molar-refractivity contribution in [2.45, 2.75) is 121 Å². The average Bonchev–Trinajstić information content (AvgIpc) is 3.25. The molecule has 40 heavy (non-hydrogen) atoms. The van der Waals surface area contributed by atoms with Crippen molar-refractivity contribution in [3.63, 3.8) is 0 Å². The molecular formula is C26H47N3O9PS+. The maximum Gasteiger partial charge on any atom is 0.628 e. The summed E-state index contributed by atoms with van der Waals surface area (Å²) in [5, 5.41) is 9.73. The zero-order valence-corrected chi connectivity index (χ0v) is 25.5. The van der Waals surface area contributed by atoms with Crippen LogP contribution in [0.25, 0.3) is 0 Å². The molecule has 230 valence electrons. The second-order valence-electron chi connectivity index (χ2n) is 10.3. The summed E-state index contributed by atoms with van der Waals surface area (Å²) >= 11 is 0. The fourth-order valence-electron chi connectivity index (χ4n) is 4.86. The van der Waals surface area contributed by atoms with Crippen LogP contribution < -0.4 is 15.7 Å². The van der Waals surface area contributed by atoms with E-state index in [1.807, 2.05) is 4.49 Å². The van der Waals surface area contributed by atoms with Crippen molar-refractivity contribution >= 4 is 18.2 Å². The van der Waals surface area contributed by atoms with E-state index in [0.717, 1.165) is 36.3 Å². The summed E-state index contributed by atoms with van der Waals surface area (Å²) in [6, 6.07) is 1.12. The lowest BCUT2D eigenvalue weighted by Crippen LogP contribution is -2.39. The van der Waals surface area contributed by atoms with Crippen molar-refractivity contribution in [2.24, 2.45) is 0 Å². The van der Waals surface area contributed by atoms with Crippen molar-refractivity contribution in [2.75, 3.05) is 19.5 Å². The first-order valence-corrected chi connectivity index (χ1v) is 17.3. The van der Waals surface area contributed by atoms with Crippen LogP contribution in [-0.2, 0) is 28.6 Å². The number of aliphatic hydroxyl groups is 1. The first kappa shape index (κ1) is 34.7. The molecule has 5 unspecified atom stereocenters. The predicted molar refractivity (Wildman–Crippen MR) is 153 cm³/mol. The van der Waals surface area contributed by atoms with Crippen molar-refractivity contribution in [3.8, 4) is 0 Å². The number of hydrogen-bond donors (Lipinski definition) is 3. The van der Waals surface area contributed by atoms with Gasteiger partial charge in [-0.1, -0.05) is 90.4 Å². The summed E-state index contributed by atoms with van der Waals surface area (Å²) in [6.45, 7) is 1.67. The minimum absolute atomic E-state index is 0.177. The van der Waals surface area contributed by atoms with E-state index in [-0.39, 0.29) is 5.75 Å². The number of unbranched alkanes of at least 4 members (excludes halogenated alkanes) is 13. The van der Waals surface area contributed by atoms with Crippen LogP contribution in [0.2, 0.25) is 0 Å². The lowest BCUT2D eigenvalue weighted by molar-refractivity contribution is -0.0625. The Labute approximate surface area is 238 Å². The van der Waals surface area contributed by atoms with Gasteiger partial charge < -0.3 is 14.6 Å². The maximum absolute atomic E-state index is 12.6. The van der Waals surface area contributed by atoms with Crippen LogP contribution in [0, 0.1) is 0 Å². The molecule has 0 aliphatic carbocycles. The quantitative estimate of drug-likeness (QED) is 0.131. The molecule has 1 saturated heterocycles. The van der Waals surface area contributed by atoms with Crippen LogP contribution in [0.4, 0.5) is 0 Å². The molecule has 1 aliphatic rings. The van der Waals surface area contributed by atoms with Crippen LogP contribution in [0.5, 0.6) is 0 Å². The highest BCUT2D eigenvalue weighted by Crippen LogP contribution is 2.37. The van der Waals surface area contributed by atoms with Gasteiger partial charge >= 0.3 is 13.9 Å². The lowest BCUT2D eigenvalue weighted by Gasteiger charge is -2.20. The number of aromatic nitrogens is 2. The van der Waals surface area contributed by atoms with Crippen LogP contribution >= 0.6 is 8.18 Å². The van der Waals surface area contributed by atoms with Gasteiger partial charge in [-0.2, -0.15) is 0 Å². The Balaban J connectivity index is 1.68. The second-order valence-corrected chi connectivity index (χ2v) is 13.4. The fraction of sp³-hybridized carbons (Fsp3) is 0.846. The Hall–Kier alpha value is -1.47. The zero-order chi connectivity index (χ0) is 29.4. The topological polar surface area (TPSA) is 166 Å². The smallest absolute Gasteiger partial charge is 0.394 e. The monoisotopic (exact) mass is 608 g/mol. The molecule has 0 saturated carbocycles. The number of rotatable bonds is 22. The van der Waals surface area contributed by atoms with Gasteiger partial charge in [-0.05, 0) is 11.0 Å². The standard InChI is InChI=1S/C26H46N3O9PS/c1-3-4-5-6-7-8-9-10-11-12-13-14-15-16-19-40(34,35)28-39(33)38-23-21(20-30)37-25(24(23)36-2)29-18-17-22(31)27-26(29)32/h17-18,21,23-25,30H,3-16,19-20H2,1-2H3,(H-,27,28,31,32,33)/p+1. The molecule has 1 aromatic heterocycles. The van der Waals surface area contributed by atoms with Crippen molar-refractivity contribution in [1.29, 1.82) is 0 Å². The molecule has 3 N–H and O–H groups in total. The number of sulfonamides is 1. The Morgan fingerprint density at radius 2 is 1.52 bits per heavy atom.